The van der Waals surface area contributed by atoms with E-state index >= 15 is 0 Å². The smallest absolute Gasteiger partial charge is 0.356 e. The molecule has 0 aliphatic rings. The number of amides is 1. The molecular weight excluding hydrogens is 268 g/mol. The molecule has 0 bridgehead atoms. The Bertz CT molecular complexity index is 619. The molecule has 0 spiro atoms. The lowest BCUT2D eigenvalue weighted by Gasteiger charge is -2.16. The maximum absolute atomic E-state index is 11.5. The van der Waals surface area contributed by atoms with Crippen LogP contribution in [0.25, 0.3) is 4.96 Å². The Morgan fingerprint density at radius 3 is 2.95 bits per heavy atom. The number of carbonyl (C=O) groups is 2. The first kappa shape index (κ1) is 13.3. The van der Waals surface area contributed by atoms with E-state index in [9.17, 15) is 14.7 Å². The number of nitrogens with zero attached hydrogens (tertiary/aromatic N) is 3. The molecule has 2 aromatic heterocycles. The fourth-order valence-electron chi connectivity index (χ4n) is 1.78. The van der Waals surface area contributed by atoms with Crippen molar-refractivity contribution in [3.8, 4) is 0 Å². The molecule has 8 heteroatoms. The van der Waals surface area contributed by atoms with Crippen LogP contribution < -0.4 is 10.2 Å². The van der Waals surface area contributed by atoms with Crippen LogP contribution in [-0.4, -0.2) is 46.5 Å². The largest absolute Gasteiger partial charge is 0.476 e. The first-order valence-electron chi connectivity index (χ1n) is 5.71. The highest BCUT2D eigenvalue weighted by atomic mass is 32.1. The van der Waals surface area contributed by atoms with Gasteiger partial charge < -0.3 is 15.3 Å². The van der Waals surface area contributed by atoms with Gasteiger partial charge >= 0.3 is 5.97 Å². The summed E-state index contributed by atoms with van der Waals surface area (Å²) in [5.74, 6) is -0.938. The Labute approximate surface area is 113 Å². The van der Waals surface area contributed by atoms with Gasteiger partial charge in [-0.15, -0.1) is 11.3 Å². The van der Waals surface area contributed by atoms with Gasteiger partial charge in [0.2, 0.25) is 5.91 Å². The number of hydrogen-bond acceptors (Lipinski definition) is 5. The van der Waals surface area contributed by atoms with E-state index in [1.807, 2.05) is 6.92 Å². The number of nitrogens with one attached hydrogen (secondary N) is 1. The summed E-state index contributed by atoms with van der Waals surface area (Å²) in [4.78, 5) is 29.2. The van der Waals surface area contributed by atoms with Crippen LogP contribution in [0.1, 0.15) is 17.4 Å². The first-order valence-corrected chi connectivity index (χ1v) is 6.59. The molecule has 0 aromatic carbocycles. The van der Waals surface area contributed by atoms with E-state index in [0.717, 1.165) is 0 Å². The van der Waals surface area contributed by atoms with Crippen molar-refractivity contribution < 1.29 is 14.7 Å². The molecule has 102 valence electrons. The summed E-state index contributed by atoms with van der Waals surface area (Å²) >= 11 is 1.35. The van der Waals surface area contributed by atoms with Gasteiger partial charge in [-0.2, -0.15) is 0 Å². The summed E-state index contributed by atoms with van der Waals surface area (Å²) in [5.41, 5.74) is 0.0723. The van der Waals surface area contributed by atoms with Crippen LogP contribution in [0.4, 0.5) is 5.82 Å². The third-order valence-electron chi connectivity index (χ3n) is 2.56. The van der Waals surface area contributed by atoms with Crippen LogP contribution in [0.15, 0.2) is 11.6 Å². The number of likely N-dealkylation sites (N-methyl/N-ethyl adjacent to an activating group) is 2. The van der Waals surface area contributed by atoms with E-state index in [4.69, 9.17) is 0 Å². The molecule has 0 saturated heterocycles. The molecule has 0 fully saturated rings. The summed E-state index contributed by atoms with van der Waals surface area (Å²) in [5, 5.41) is 13.7. The van der Waals surface area contributed by atoms with Crippen molar-refractivity contribution in [2.45, 2.75) is 6.92 Å². The van der Waals surface area contributed by atoms with Gasteiger partial charge in [0.05, 0.1) is 6.54 Å². The Kier molecular flexibility index (Phi) is 3.70. The molecule has 7 nitrogen and oxygen atoms in total. The third-order valence-corrected chi connectivity index (χ3v) is 3.32. The number of fused-ring (bicyclic) bond motifs is 1. The average molecular weight is 282 g/mol. The van der Waals surface area contributed by atoms with E-state index in [1.54, 1.807) is 18.6 Å². The van der Waals surface area contributed by atoms with Gasteiger partial charge in [-0.1, -0.05) is 0 Å². The van der Waals surface area contributed by atoms with Crippen LogP contribution >= 0.6 is 11.3 Å². The number of imidazole rings is 1. The van der Waals surface area contributed by atoms with Crippen molar-refractivity contribution in [2.24, 2.45) is 0 Å². The topological polar surface area (TPSA) is 86.9 Å². The van der Waals surface area contributed by atoms with Crippen LogP contribution in [0, 0.1) is 0 Å². The molecule has 2 rings (SSSR count). The van der Waals surface area contributed by atoms with Gasteiger partial charge in [0, 0.05) is 25.2 Å². The molecule has 19 heavy (non-hydrogen) atoms. The van der Waals surface area contributed by atoms with Gasteiger partial charge in [0.1, 0.15) is 0 Å². The Morgan fingerprint density at radius 1 is 1.58 bits per heavy atom. The van der Waals surface area contributed by atoms with Gasteiger partial charge in [0.25, 0.3) is 0 Å². The minimum atomic E-state index is -1.07. The normalized spacial score (nSPS) is 10.6. The molecule has 0 unspecified atom stereocenters. The summed E-state index contributed by atoms with van der Waals surface area (Å²) in [7, 11) is 1.65. The summed E-state index contributed by atoms with van der Waals surface area (Å²) in [6.45, 7) is 2.43. The SMILES string of the molecule is CCNC(=O)CN(C)c1nc2sccn2c1C(=O)O. The molecular formula is C11H14N4O3S. The number of thiazole rings is 1. The molecule has 1 amide bonds. The lowest BCUT2D eigenvalue weighted by Crippen LogP contribution is -2.35. The van der Waals surface area contributed by atoms with Crippen LogP contribution in [0.3, 0.4) is 0 Å². The third kappa shape index (κ3) is 2.53. The molecule has 0 atom stereocenters. The van der Waals surface area contributed by atoms with E-state index in [1.165, 1.54) is 20.6 Å². The second kappa shape index (κ2) is 5.27. The van der Waals surface area contributed by atoms with E-state index in [-0.39, 0.29) is 18.1 Å². The quantitative estimate of drug-likeness (QED) is 0.841. The maximum atomic E-state index is 11.5. The molecule has 0 aliphatic carbocycles. The zero-order valence-electron chi connectivity index (χ0n) is 10.6. The second-order valence-electron chi connectivity index (χ2n) is 3.95. The van der Waals surface area contributed by atoms with Gasteiger partial charge in [-0.05, 0) is 6.92 Å². The first-order chi connectivity index (χ1) is 9.04. The zero-order valence-corrected chi connectivity index (χ0v) is 11.4. The monoisotopic (exact) mass is 282 g/mol. The number of aromatic nitrogens is 2. The van der Waals surface area contributed by atoms with Gasteiger partial charge in [-0.3, -0.25) is 9.20 Å². The fraction of sp³-hybridized carbons (Fsp3) is 0.364. The van der Waals surface area contributed by atoms with Crippen molar-refractivity contribution in [3.63, 3.8) is 0 Å². The molecule has 2 aromatic rings. The molecule has 0 aliphatic heterocycles. The summed E-state index contributed by atoms with van der Waals surface area (Å²) in [6, 6.07) is 0. The molecule has 0 radical (unpaired) electrons. The number of carboxylic acid groups (broad SMARTS) is 1. The van der Waals surface area contributed by atoms with E-state index in [0.29, 0.717) is 17.3 Å². The van der Waals surface area contributed by atoms with Crippen molar-refractivity contribution in [3.05, 3.63) is 17.3 Å². The minimum absolute atomic E-state index is 0.0684. The van der Waals surface area contributed by atoms with E-state index < -0.39 is 5.97 Å². The highest BCUT2D eigenvalue weighted by Crippen LogP contribution is 2.23. The lowest BCUT2D eigenvalue weighted by atomic mass is 10.4. The number of carbonyl (C=O) groups excluding carboxylic acids is 1. The predicted octanol–water partition coefficient (Wildman–Crippen LogP) is 0.666. The number of anilines is 1. The molecule has 2 heterocycles. The standard InChI is InChI=1S/C11H14N4O3S/c1-3-12-7(16)6-14(2)9-8(10(17)18)15-4-5-19-11(15)13-9/h4-5H,3,6H2,1-2H3,(H,12,16)(H,17,18). The number of carboxylic acids is 1. The van der Waals surface area contributed by atoms with Crippen molar-refractivity contribution in [1.29, 1.82) is 0 Å². The lowest BCUT2D eigenvalue weighted by molar-refractivity contribution is -0.119. The Hall–Kier alpha value is -2.09. The number of rotatable bonds is 5. The maximum Gasteiger partial charge on any atom is 0.356 e. The van der Waals surface area contributed by atoms with Crippen molar-refractivity contribution in [2.75, 3.05) is 25.0 Å². The van der Waals surface area contributed by atoms with Gasteiger partial charge in [-0.25, -0.2) is 9.78 Å². The summed E-state index contributed by atoms with van der Waals surface area (Å²) < 4.78 is 1.51. The van der Waals surface area contributed by atoms with Gasteiger partial charge in [0.15, 0.2) is 16.5 Å². The van der Waals surface area contributed by atoms with Crippen LogP contribution in [0.5, 0.6) is 0 Å². The average Bonchev–Trinajstić information content (AvgIpc) is 2.86. The fourth-order valence-corrected chi connectivity index (χ4v) is 2.49. The second-order valence-corrected chi connectivity index (χ2v) is 4.83. The minimum Gasteiger partial charge on any atom is -0.476 e. The van der Waals surface area contributed by atoms with Crippen LogP contribution in [0.2, 0.25) is 0 Å². The highest BCUT2D eigenvalue weighted by molar-refractivity contribution is 7.15. The predicted molar refractivity (Wildman–Crippen MR) is 72.0 cm³/mol. The summed E-state index contributed by atoms with van der Waals surface area (Å²) in [6.07, 6.45) is 1.65. The zero-order chi connectivity index (χ0) is 14.0. The van der Waals surface area contributed by atoms with Crippen molar-refractivity contribution >= 4 is 34.0 Å². The number of aromatic carboxylic acids is 1. The van der Waals surface area contributed by atoms with Crippen molar-refractivity contribution in [1.82, 2.24) is 14.7 Å². The molecule has 0 saturated carbocycles. The van der Waals surface area contributed by atoms with E-state index in [2.05, 4.69) is 10.3 Å². The highest BCUT2D eigenvalue weighted by Gasteiger charge is 2.23. The number of hydrogen-bond donors (Lipinski definition) is 2. The Morgan fingerprint density at radius 2 is 2.32 bits per heavy atom. The van der Waals surface area contributed by atoms with Crippen LogP contribution in [-0.2, 0) is 4.79 Å². The molecule has 2 N–H and O–H groups in total. The Balaban J connectivity index is 2.33.